The van der Waals surface area contributed by atoms with Crippen molar-refractivity contribution < 1.29 is 9.59 Å². The molecule has 3 rings (SSSR count). The average molecular weight is 451 g/mol. The summed E-state index contributed by atoms with van der Waals surface area (Å²) < 4.78 is 0. The number of amides is 2. The van der Waals surface area contributed by atoms with Crippen LogP contribution in [0.3, 0.4) is 0 Å². The molecular weight excluding hydrogens is 428 g/mol. The molecule has 0 spiro atoms. The Morgan fingerprint density at radius 2 is 1.87 bits per heavy atom. The number of thioether (sulfide) groups is 1. The van der Waals surface area contributed by atoms with Gasteiger partial charge >= 0.3 is 0 Å². The van der Waals surface area contributed by atoms with Crippen LogP contribution in [0.15, 0.2) is 64.9 Å². The molecule has 3 aromatic rings. The summed E-state index contributed by atoms with van der Waals surface area (Å²) in [4.78, 5) is 32.2. The van der Waals surface area contributed by atoms with Gasteiger partial charge in [0.1, 0.15) is 0 Å². The number of carbonyl (C=O) groups excluding carboxylic acids is 2. The molecule has 0 atom stereocenters. The van der Waals surface area contributed by atoms with E-state index >= 15 is 0 Å². The molecule has 1 N–H and O–H groups in total. The van der Waals surface area contributed by atoms with Crippen LogP contribution in [0, 0.1) is 11.3 Å². The van der Waals surface area contributed by atoms with Gasteiger partial charge in [-0.15, -0.1) is 23.1 Å². The number of thiazole rings is 1. The first-order valence-electron chi connectivity index (χ1n) is 9.73. The number of carbonyl (C=O) groups is 2. The predicted molar refractivity (Wildman–Crippen MR) is 126 cm³/mol. The maximum Gasteiger partial charge on any atom is 0.227 e. The van der Waals surface area contributed by atoms with Crippen molar-refractivity contribution >= 4 is 45.7 Å². The lowest BCUT2D eigenvalue weighted by Gasteiger charge is -2.21. The van der Waals surface area contributed by atoms with Gasteiger partial charge in [-0.05, 0) is 30.5 Å². The molecule has 8 heteroatoms. The highest BCUT2D eigenvalue weighted by Crippen LogP contribution is 2.27. The zero-order valence-electron chi connectivity index (χ0n) is 17.1. The smallest absolute Gasteiger partial charge is 0.227 e. The molecule has 1 heterocycles. The van der Waals surface area contributed by atoms with Crippen LogP contribution in [0.25, 0.3) is 11.3 Å². The highest BCUT2D eigenvalue weighted by atomic mass is 32.2. The summed E-state index contributed by atoms with van der Waals surface area (Å²) in [5.74, 6) is -0.453. The molecule has 6 nitrogen and oxygen atoms in total. The standard InChI is InChI=1S/C23H22N4O2S2/c1-30-19-10-8-17(9-11-19)20-16-31-23(25-20)26-21(28)12-13-22(29)27(15-5-14-24)18-6-3-2-4-7-18/h2-4,6-11,16H,5,12-13,15H2,1H3,(H,25,26,28). The fourth-order valence-corrected chi connectivity index (χ4v) is 4.07. The number of benzene rings is 2. The van der Waals surface area contributed by atoms with Gasteiger partial charge in [0.05, 0.1) is 18.2 Å². The topological polar surface area (TPSA) is 86.1 Å². The van der Waals surface area contributed by atoms with Crippen LogP contribution in [-0.2, 0) is 9.59 Å². The maximum atomic E-state index is 12.7. The number of nitrogens with zero attached hydrogens (tertiary/aromatic N) is 3. The Balaban J connectivity index is 1.56. The minimum Gasteiger partial charge on any atom is -0.311 e. The summed E-state index contributed by atoms with van der Waals surface area (Å²) >= 11 is 3.03. The number of anilines is 2. The van der Waals surface area contributed by atoms with Crippen molar-refractivity contribution in [1.29, 1.82) is 5.26 Å². The summed E-state index contributed by atoms with van der Waals surface area (Å²) in [6.07, 6.45) is 2.36. The third kappa shape index (κ3) is 6.41. The molecule has 1 aromatic heterocycles. The van der Waals surface area contributed by atoms with Gasteiger partial charge in [0.2, 0.25) is 11.8 Å². The maximum absolute atomic E-state index is 12.7. The van der Waals surface area contributed by atoms with E-state index in [1.807, 2.05) is 66.2 Å². The minimum absolute atomic E-state index is 0.0477. The van der Waals surface area contributed by atoms with E-state index in [0.717, 1.165) is 16.9 Å². The van der Waals surface area contributed by atoms with Gasteiger partial charge in [-0.25, -0.2) is 4.98 Å². The predicted octanol–water partition coefficient (Wildman–Crippen LogP) is 5.20. The molecule has 0 fully saturated rings. The number of hydrogen-bond acceptors (Lipinski definition) is 6. The lowest BCUT2D eigenvalue weighted by Crippen LogP contribution is -2.32. The van der Waals surface area contributed by atoms with Crippen molar-refractivity contribution in [1.82, 2.24) is 4.98 Å². The van der Waals surface area contributed by atoms with Crippen LogP contribution in [-0.4, -0.2) is 29.6 Å². The first-order chi connectivity index (χ1) is 15.1. The van der Waals surface area contributed by atoms with Crippen LogP contribution in [0.4, 0.5) is 10.8 Å². The van der Waals surface area contributed by atoms with E-state index in [-0.39, 0.29) is 31.1 Å². The Labute approximate surface area is 189 Å². The molecule has 0 bridgehead atoms. The summed E-state index contributed by atoms with van der Waals surface area (Å²) in [7, 11) is 0. The highest BCUT2D eigenvalue weighted by molar-refractivity contribution is 7.98. The van der Waals surface area contributed by atoms with Crippen LogP contribution in [0.2, 0.25) is 0 Å². The Kier molecular flexibility index (Phi) is 8.21. The van der Waals surface area contributed by atoms with Crippen LogP contribution >= 0.6 is 23.1 Å². The second-order valence-electron chi connectivity index (χ2n) is 6.60. The normalized spacial score (nSPS) is 10.3. The van der Waals surface area contributed by atoms with Crippen molar-refractivity contribution in [2.24, 2.45) is 0 Å². The second-order valence-corrected chi connectivity index (χ2v) is 8.34. The van der Waals surface area contributed by atoms with E-state index in [0.29, 0.717) is 11.7 Å². The van der Waals surface area contributed by atoms with Crippen LogP contribution in [0.1, 0.15) is 19.3 Å². The molecule has 31 heavy (non-hydrogen) atoms. The number of para-hydroxylation sites is 1. The molecule has 2 amide bonds. The van der Waals surface area contributed by atoms with Crippen molar-refractivity contribution in [2.75, 3.05) is 23.0 Å². The minimum atomic E-state index is -0.264. The Morgan fingerprint density at radius 1 is 1.13 bits per heavy atom. The third-order valence-corrected chi connectivity index (χ3v) is 6.02. The largest absolute Gasteiger partial charge is 0.311 e. The molecule has 0 saturated heterocycles. The molecule has 0 aliphatic rings. The SMILES string of the molecule is CSc1ccc(-c2csc(NC(=O)CCC(=O)N(CCC#N)c3ccccc3)n2)cc1. The summed E-state index contributed by atoms with van der Waals surface area (Å²) in [5, 5.41) is 14.1. The number of nitrogens with one attached hydrogen (secondary N) is 1. The Bertz CT molecular complexity index is 1060. The van der Waals surface area contributed by atoms with Gasteiger partial charge in [-0.3, -0.25) is 9.59 Å². The lowest BCUT2D eigenvalue weighted by molar-refractivity contribution is -0.122. The van der Waals surface area contributed by atoms with Crippen LogP contribution in [0.5, 0.6) is 0 Å². The van der Waals surface area contributed by atoms with E-state index in [1.54, 1.807) is 16.7 Å². The van der Waals surface area contributed by atoms with Crippen molar-refractivity contribution in [2.45, 2.75) is 24.2 Å². The quantitative estimate of drug-likeness (QED) is 0.453. The van der Waals surface area contributed by atoms with Crippen LogP contribution < -0.4 is 10.2 Å². The monoisotopic (exact) mass is 450 g/mol. The molecule has 0 radical (unpaired) electrons. The van der Waals surface area contributed by atoms with E-state index in [4.69, 9.17) is 5.26 Å². The summed E-state index contributed by atoms with van der Waals surface area (Å²) in [5.41, 5.74) is 2.51. The number of rotatable bonds is 9. The number of aromatic nitrogens is 1. The van der Waals surface area contributed by atoms with Gasteiger partial charge in [-0.2, -0.15) is 5.26 Å². The molecule has 0 aliphatic heterocycles. The van der Waals surface area contributed by atoms with Gasteiger partial charge in [-0.1, -0.05) is 30.3 Å². The van der Waals surface area contributed by atoms with Crippen molar-refractivity contribution in [3.05, 3.63) is 60.0 Å². The van der Waals surface area contributed by atoms with Gasteiger partial charge < -0.3 is 10.2 Å². The molecule has 2 aromatic carbocycles. The molecule has 0 unspecified atom stereocenters. The molecule has 158 valence electrons. The zero-order valence-corrected chi connectivity index (χ0v) is 18.7. The zero-order chi connectivity index (χ0) is 22.1. The van der Waals surface area contributed by atoms with E-state index < -0.39 is 0 Å². The van der Waals surface area contributed by atoms with E-state index in [1.165, 1.54) is 16.2 Å². The Morgan fingerprint density at radius 3 is 2.55 bits per heavy atom. The second kappa shape index (κ2) is 11.3. The van der Waals surface area contributed by atoms with Crippen molar-refractivity contribution in [3.8, 4) is 17.3 Å². The van der Waals surface area contributed by atoms with E-state index in [9.17, 15) is 9.59 Å². The number of nitriles is 1. The van der Waals surface area contributed by atoms with Gasteiger partial charge in [0, 0.05) is 40.9 Å². The summed E-state index contributed by atoms with van der Waals surface area (Å²) in [6, 6.07) is 19.3. The van der Waals surface area contributed by atoms with Gasteiger partial charge in [0.15, 0.2) is 5.13 Å². The van der Waals surface area contributed by atoms with Crippen molar-refractivity contribution in [3.63, 3.8) is 0 Å². The Hall–Kier alpha value is -3.15. The highest BCUT2D eigenvalue weighted by Gasteiger charge is 2.17. The number of hydrogen-bond donors (Lipinski definition) is 1. The summed E-state index contributed by atoms with van der Waals surface area (Å²) in [6.45, 7) is 0.298. The molecular formula is C23H22N4O2S2. The first kappa shape index (κ1) is 22.5. The van der Waals surface area contributed by atoms with E-state index in [2.05, 4.69) is 16.4 Å². The fraction of sp³-hybridized carbons (Fsp3) is 0.217. The third-order valence-electron chi connectivity index (χ3n) is 4.52. The molecule has 0 aliphatic carbocycles. The first-order valence-corrected chi connectivity index (χ1v) is 11.8. The average Bonchev–Trinajstić information content (AvgIpc) is 3.27. The fourth-order valence-electron chi connectivity index (χ4n) is 2.93. The molecule has 0 saturated carbocycles. The van der Waals surface area contributed by atoms with Gasteiger partial charge in [0.25, 0.3) is 0 Å². The lowest BCUT2D eigenvalue weighted by atomic mass is 10.2.